The van der Waals surface area contributed by atoms with Gasteiger partial charge in [-0.15, -0.1) is 0 Å². The van der Waals surface area contributed by atoms with Crippen LogP contribution in [0.5, 0.6) is 0 Å². The number of rotatable bonds is 6. The second kappa shape index (κ2) is 6.38. The van der Waals surface area contributed by atoms with Crippen LogP contribution in [0.15, 0.2) is 30.5 Å². The molecule has 19 heavy (non-hydrogen) atoms. The molecule has 4 nitrogen and oxygen atoms in total. The van der Waals surface area contributed by atoms with Crippen LogP contribution in [0.25, 0.3) is 0 Å². The Morgan fingerprint density at radius 2 is 2.00 bits per heavy atom. The summed E-state index contributed by atoms with van der Waals surface area (Å²) in [6.07, 6.45) is 2.96. The van der Waals surface area contributed by atoms with E-state index in [9.17, 15) is 0 Å². The number of aryl methyl sites for hydroxylation is 2. The highest BCUT2D eigenvalue weighted by Crippen LogP contribution is 2.17. The minimum absolute atomic E-state index is 0.644. The first-order valence-corrected chi connectivity index (χ1v) is 6.56. The number of hydrogen-bond donors (Lipinski definition) is 1. The van der Waals surface area contributed by atoms with Crippen LogP contribution in [0.4, 0.5) is 5.69 Å². The molecule has 0 atom stereocenters. The molecule has 0 radical (unpaired) electrons. The Bertz CT molecular complexity index is 534. The number of methoxy groups -OCH3 is 1. The van der Waals surface area contributed by atoms with E-state index >= 15 is 0 Å². The maximum absolute atomic E-state index is 5.23. The highest BCUT2D eigenvalue weighted by molar-refractivity contribution is 5.47. The lowest BCUT2D eigenvalue weighted by molar-refractivity contribution is 0.184. The molecule has 2 aromatic rings. The Kier molecular flexibility index (Phi) is 4.58. The molecule has 0 unspecified atom stereocenters. The van der Waals surface area contributed by atoms with Gasteiger partial charge in [-0.25, -0.2) is 0 Å². The van der Waals surface area contributed by atoms with E-state index in [2.05, 4.69) is 35.5 Å². The van der Waals surface area contributed by atoms with Crippen LogP contribution in [0.2, 0.25) is 0 Å². The molecule has 0 saturated heterocycles. The third kappa shape index (κ3) is 3.35. The van der Waals surface area contributed by atoms with Crippen molar-refractivity contribution in [2.45, 2.75) is 26.5 Å². The molecule has 0 bridgehead atoms. The summed E-state index contributed by atoms with van der Waals surface area (Å²) in [7, 11) is 3.67. The van der Waals surface area contributed by atoms with E-state index in [4.69, 9.17) is 4.74 Å². The van der Waals surface area contributed by atoms with Gasteiger partial charge in [0.25, 0.3) is 0 Å². The van der Waals surface area contributed by atoms with Crippen LogP contribution in [-0.4, -0.2) is 16.9 Å². The molecule has 0 aliphatic heterocycles. The molecule has 1 N–H and O–H groups in total. The van der Waals surface area contributed by atoms with E-state index in [1.807, 2.05) is 24.0 Å². The van der Waals surface area contributed by atoms with Gasteiger partial charge in [0.05, 0.1) is 18.0 Å². The lowest BCUT2D eigenvalue weighted by Crippen LogP contribution is -2.04. The van der Waals surface area contributed by atoms with Crippen molar-refractivity contribution in [3.05, 3.63) is 47.3 Å². The molecule has 0 aliphatic rings. The maximum Gasteiger partial charge on any atom is 0.0853 e. The zero-order valence-corrected chi connectivity index (χ0v) is 11.8. The van der Waals surface area contributed by atoms with Crippen molar-refractivity contribution in [2.75, 3.05) is 12.4 Å². The molecular weight excluding hydrogens is 238 g/mol. The van der Waals surface area contributed by atoms with Gasteiger partial charge in [-0.3, -0.25) is 4.68 Å². The van der Waals surface area contributed by atoms with Crippen molar-refractivity contribution < 1.29 is 4.74 Å². The van der Waals surface area contributed by atoms with Crippen molar-refractivity contribution in [3.8, 4) is 0 Å². The fraction of sp³-hybridized carbons (Fsp3) is 0.400. The molecule has 0 fully saturated rings. The normalized spacial score (nSPS) is 10.7. The quantitative estimate of drug-likeness (QED) is 0.867. The number of aromatic nitrogens is 2. The third-order valence-electron chi connectivity index (χ3n) is 3.13. The summed E-state index contributed by atoms with van der Waals surface area (Å²) in [4.78, 5) is 0. The molecule has 0 saturated carbocycles. The Morgan fingerprint density at radius 3 is 2.68 bits per heavy atom. The minimum Gasteiger partial charge on any atom is -0.380 e. The zero-order chi connectivity index (χ0) is 13.7. The fourth-order valence-corrected chi connectivity index (χ4v) is 2.16. The number of benzene rings is 1. The van der Waals surface area contributed by atoms with Crippen LogP contribution >= 0.6 is 0 Å². The van der Waals surface area contributed by atoms with Gasteiger partial charge in [0.2, 0.25) is 0 Å². The van der Waals surface area contributed by atoms with Crippen molar-refractivity contribution >= 4 is 5.69 Å². The molecular formula is C15H21N3O. The van der Waals surface area contributed by atoms with Crippen molar-refractivity contribution in [1.29, 1.82) is 0 Å². The molecule has 1 heterocycles. The van der Waals surface area contributed by atoms with Crippen LogP contribution in [0.3, 0.4) is 0 Å². The Morgan fingerprint density at radius 1 is 1.26 bits per heavy atom. The largest absolute Gasteiger partial charge is 0.380 e. The highest BCUT2D eigenvalue weighted by Gasteiger charge is 2.06. The zero-order valence-electron chi connectivity index (χ0n) is 11.8. The molecule has 102 valence electrons. The lowest BCUT2D eigenvalue weighted by atomic mass is 10.1. The number of hydrogen-bond acceptors (Lipinski definition) is 3. The van der Waals surface area contributed by atoms with Crippen LogP contribution in [0, 0.1) is 0 Å². The van der Waals surface area contributed by atoms with Gasteiger partial charge in [0.1, 0.15) is 0 Å². The Balaban J connectivity index is 2.09. The van der Waals surface area contributed by atoms with Crippen molar-refractivity contribution in [3.63, 3.8) is 0 Å². The SMILES string of the molecule is CCc1nn(C)cc1NCc1ccccc1COC. The number of ether oxygens (including phenoxy) is 1. The fourth-order valence-electron chi connectivity index (χ4n) is 2.16. The Hall–Kier alpha value is -1.81. The monoisotopic (exact) mass is 259 g/mol. The average Bonchev–Trinajstić information content (AvgIpc) is 2.78. The lowest BCUT2D eigenvalue weighted by Gasteiger charge is -2.10. The van der Waals surface area contributed by atoms with Crippen LogP contribution < -0.4 is 5.32 Å². The first kappa shape index (κ1) is 13.6. The van der Waals surface area contributed by atoms with E-state index in [1.54, 1.807) is 7.11 Å². The van der Waals surface area contributed by atoms with Gasteiger partial charge in [-0.2, -0.15) is 5.10 Å². The molecule has 1 aromatic heterocycles. The molecule has 0 aliphatic carbocycles. The Labute approximate surface area is 114 Å². The first-order valence-electron chi connectivity index (χ1n) is 6.56. The minimum atomic E-state index is 0.644. The molecule has 4 heteroatoms. The van der Waals surface area contributed by atoms with E-state index < -0.39 is 0 Å². The summed E-state index contributed by atoms with van der Waals surface area (Å²) in [5.41, 5.74) is 4.69. The summed E-state index contributed by atoms with van der Waals surface area (Å²) >= 11 is 0. The van der Waals surface area contributed by atoms with Gasteiger partial charge in [0, 0.05) is 26.9 Å². The molecule has 0 spiro atoms. The average molecular weight is 259 g/mol. The van der Waals surface area contributed by atoms with Gasteiger partial charge >= 0.3 is 0 Å². The van der Waals surface area contributed by atoms with Crippen molar-refractivity contribution in [2.24, 2.45) is 7.05 Å². The van der Waals surface area contributed by atoms with Crippen LogP contribution in [-0.2, 0) is 31.4 Å². The maximum atomic E-state index is 5.23. The van der Waals surface area contributed by atoms with E-state index in [0.29, 0.717) is 6.61 Å². The number of nitrogens with one attached hydrogen (secondary N) is 1. The standard InChI is InChI=1S/C15H21N3O/c1-4-14-15(10-18(2)17-14)16-9-12-7-5-6-8-13(12)11-19-3/h5-8,10,16H,4,9,11H2,1-3H3. The van der Waals surface area contributed by atoms with Crippen molar-refractivity contribution in [1.82, 2.24) is 9.78 Å². The van der Waals surface area contributed by atoms with Gasteiger partial charge in [-0.05, 0) is 17.5 Å². The molecule has 0 amide bonds. The van der Waals surface area contributed by atoms with E-state index in [-0.39, 0.29) is 0 Å². The summed E-state index contributed by atoms with van der Waals surface area (Å²) in [5.74, 6) is 0. The number of anilines is 1. The predicted octanol–water partition coefficient (Wildman–Crippen LogP) is 2.74. The summed E-state index contributed by atoms with van der Waals surface area (Å²) in [5, 5.41) is 7.89. The van der Waals surface area contributed by atoms with E-state index in [0.717, 1.165) is 24.3 Å². The van der Waals surface area contributed by atoms with Gasteiger partial charge in [-0.1, -0.05) is 31.2 Å². The number of nitrogens with zero attached hydrogens (tertiary/aromatic N) is 2. The summed E-state index contributed by atoms with van der Waals surface area (Å²) in [6.45, 7) is 3.55. The van der Waals surface area contributed by atoms with Gasteiger partial charge in [0.15, 0.2) is 0 Å². The third-order valence-corrected chi connectivity index (χ3v) is 3.13. The predicted molar refractivity (Wildman–Crippen MR) is 77.1 cm³/mol. The summed E-state index contributed by atoms with van der Waals surface area (Å²) in [6, 6.07) is 8.33. The van der Waals surface area contributed by atoms with E-state index in [1.165, 1.54) is 11.1 Å². The smallest absolute Gasteiger partial charge is 0.0853 e. The van der Waals surface area contributed by atoms with Gasteiger partial charge < -0.3 is 10.1 Å². The molecule has 2 rings (SSSR count). The second-order valence-electron chi connectivity index (χ2n) is 4.57. The summed E-state index contributed by atoms with van der Waals surface area (Å²) < 4.78 is 7.07. The topological polar surface area (TPSA) is 39.1 Å². The molecule has 1 aromatic carbocycles. The second-order valence-corrected chi connectivity index (χ2v) is 4.57. The highest BCUT2D eigenvalue weighted by atomic mass is 16.5. The first-order chi connectivity index (χ1) is 9.24. The van der Waals surface area contributed by atoms with Crippen LogP contribution in [0.1, 0.15) is 23.7 Å².